The average molecular weight is 681 g/mol. The number of halogens is 4. The van der Waals surface area contributed by atoms with Gasteiger partial charge in [-0.3, -0.25) is 9.59 Å². The molecule has 0 fully saturated rings. The van der Waals surface area contributed by atoms with Gasteiger partial charge < -0.3 is 25.7 Å². The van der Waals surface area contributed by atoms with Crippen LogP contribution < -0.4 is 16.4 Å². The summed E-state index contributed by atoms with van der Waals surface area (Å²) in [6.45, 7) is 5.76. The molecule has 1 atom stereocenters. The van der Waals surface area contributed by atoms with E-state index in [1.54, 1.807) is 34.9 Å². The van der Waals surface area contributed by atoms with Crippen LogP contribution in [0.2, 0.25) is 0 Å². The van der Waals surface area contributed by atoms with Crippen LogP contribution in [-0.4, -0.2) is 45.1 Å². The molecule has 212 valence electrons. The Bertz CT molecular complexity index is 1480. The second kappa shape index (κ2) is 11.2. The molecule has 1 aromatic carbocycles. The van der Waals surface area contributed by atoms with Crippen molar-refractivity contribution in [1.29, 1.82) is 0 Å². The molecule has 2 heterocycles. The summed E-state index contributed by atoms with van der Waals surface area (Å²) >= 11 is 1.56. The zero-order chi connectivity index (χ0) is 29.4. The summed E-state index contributed by atoms with van der Waals surface area (Å²) < 4.78 is 75.9. The fourth-order valence-electron chi connectivity index (χ4n) is 3.78. The van der Waals surface area contributed by atoms with E-state index in [9.17, 15) is 31.2 Å². The number of anilines is 1. The number of nitrogens with two attached hydrogens (primary N) is 1. The van der Waals surface area contributed by atoms with Crippen LogP contribution in [0, 0.1) is 3.57 Å². The summed E-state index contributed by atoms with van der Waals surface area (Å²) in [6.07, 6.45) is -2.84. The first-order valence-corrected chi connectivity index (χ1v) is 14.1. The topological polar surface area (TPSA) is 147 Å². The molecule has 0 saturated carbocycles. The number of hydrogen-bond donors (Lipinski definition) is 3. The summed E-state index contributed by atoms with van der Waals surface area (Å²) in [7, 11) is -1.95. The third-order valence-corrected chi connectivity index (χ3v) is 8.32. The summed E-state index contributed by atoms with van der Waals surface area (Å²) in [5, 5.41) is 5.64. The molecule has 1 aliphatic heterocycles. The summed E-state index contributed by atoms with van der Waals surface area (Å²) in [5.41, 5.74) is 4.05. The first-order valence-electron chi connectivity index (χ1n) is 11.6. The zero-order valence-corrected chi connectivity index (χ0v) is 24.6. The van der Waals surface area contributed by atoms with Gasteiger partial charge in [-0.2, -0.15) is 21.6 Å². The van der Waals surface area contributed by atoms with E-state index in [4.69, 9.17) is 10.2 Å². The lowest BCUT2D eigenvalue weighted by Gasteiger charge is -2.22. The number of amidine groups is 1. The lowest BCUT2D eigenvalue weighted by Crippen LogP contribution is -2.32. The van der Waals surface area contributed by atoms with E-state index in [0.717, 1.165) is 16.5 Å². The van der Waals surface area contributed by atoms with E-state index >= 15 is 0 Å². The second-order valence-corrected chi connectivity index (χ2v) is 11.8. The van der Waals surface area contributed by atoms with Crippen molar-refractivity contribution < 1.29 is 35.6 Å². The Kier molecular flexibility index (Phi) is 8.74. The molecular formula is C24H27F3IN5O5S. The van der Waals surface area contributed by atoms with Crippen LogP contribution in [-0.2, 0) is 21.0 Å². The normalized spacial score (nSPS) is 15.8. The number of rotatable bonds is 8. The Labute approximate surface area is 237 Å². The number of amides is 2. The Hall–Kier alpha value is -3.08. The van der Waals surface area contributed by atoms with Crippen molar-refractivity contribution in [2.75, 3.05) is 19.4 Å². The largest absolute Gasteiger partial charge is 0.467 e. The quantitative estimate of drug-likeness (QED) is 0.352. The number of nitrogens with zero attached hydrogens (tertiary/aromatic N) is 2. The monoisotopic (exact) mass is 681 g/mol. The molecule has 0 spiro atoms. The molecule has 0 saturated heterocycles. The first kappa shape index (κ1) is 30.5. The van der Waals surface area contributed by atoms with Gasteiger partial charge in [-0.25, -0.2) is 0 Å². The van der Waals surface area contributed by atoms with Gasteiger partial charge in [0.2, 0.25) is 0 Å². The van der Waals surface area contributed by atoms with Gasteiger partial charge >= 0.3 is 6.18 Å². The van der Waals surface area contributed by atoms with E-state index < -0.39 is 50.1 Å². The van der Waals surface area contributed by atoms with Gasteiger partial charge in [-0.1, -0.05) is 20.8 Å². The average Bonchev–Trinajstić information content (AvgIpc) is 3.39. The highest BCUT2D eigenvalue weighted by atomic mass is 127. The lowest BCUT2D eigenvalue weighted by atomic mass is 10.0. The molecule has 0 aliphatic carbocycles. The molecule has 0 radical (unpaired) electrons. The van der Waals surface area contributed by atoms with Crippen molar-refractivity contribution in [2.45, 2.75) is 45.3 Å². The molecule has 39 heavy (non-hydrogen) atoms. The van der Waals surface area contributed by atoms with Gasteiger partial charge in [-0.15, -0.1) is 4.40 Å². The molecule has 1 aliphatic rings. The number of alkyl halides is 3. The maximum absolute atomic E-state index is 13.7. The number of nitrogens with one attached hydrogen (secondary N) is 2. The highest BCUT2D eigenvalue weighted by Crippen LogP contribution is 2.38. The summed E-state index contributed by atoms with van der Waals surface area (Å²) in [4.78, 5) is 25.0. The molecule has 1 aromatic heterocycles. The highest BCUT2D eigenvalue weighted by molar-refractivity contribution is 14.1. The summed E-state index contributed by atoms with van der Waals surface area (Å²) in [5.74, 6) is -1.87. The van der Waals surface area contributed by atoms with Gasteiger partial charge in [-0.05, 0) is 58.7 Å². The smallest absolute Gasteiger partial charge is 0.417 e. The van der Waals surface area contributed by atoms with Crippen LogP contribution in [0.4, 0.5) is 18.9 Å². The van der Waals surface area contributed by atoms with Crippen LogP contribution in [0.1, 0.15) is 66.4 Å². The number of carbonyl (C=O) groups is 2. The number of primary amides is 1. The van der Waals surface area contributed by atoms with Gasteiger partial charge in [0, 0.05) is 17.7 Å². The number of sulfonamides is 1. The minimum absolute atomic E-state index is 0.0673. The molecule has 0 unspecified atom stereocenters. The van der Waals surface area contributed by atoms with E-state index in [-0.39, 0.29) is 26.7 Å². The molecule has 10 nitrogen and oxygen atoms in total. The maximum atomic E-state index is 13.7. The number of hydrogen-bond acceptors (Lipinski definition) is 7. The third kappa shape index (κ3) is 6.23. The van der Waals surface area contributed by atoms with E-state index in [0.29, 0.717) is 18.2 Å². The maximum Gasteiger partial charge on any atom is 0.417 e. The van der Waals surface area contributed by atoms with Crippen molar-refractivity contribution in [1.82, 2.24) is 10.2 Å². The van der Waals surface area contributed by atoms with E-state index in [1.165, 1.54) is 14.1 Å². The van der Waals surface area contributed by atoms with Gasteiger partial charge in [0.05, 0.1) is 29.1 Å². The first-order chi connectivity index (χ1) is 18.0. The number of carbonyl (C=O) groups excluding carboxylic acids is 2. The lowest BCUT2D eigenvalue weighted by molar-refractivity contribution is -0.138. The molecule has 3 rings (SSSR count). The zero-order valence-electron chi connectivity index (χ0n) is 21.6. The molecule has 4 N–H and O–H groups in total. The second-order valence-electron chi connectivity index (χ2n) is 9.20. The van der Waals surface area contributed by atoms with Crippen molar-refractivity contribution in [3.63, 3.8) is 0 Å². The van der Waals surface area contributed by atoms with Crippen molar-refractivity contribution in [2.24, 2.45) is 10.1 Å². The molecule has 2 aromatic rings. The van der Waals surface area contributed by atoms with E-state index in [1.807, 2.05) is 20.8 Å². The predicted molar refractivity (Wildman–Crippen MR) is 147 cm³/mol. The Morgan fingerprint density at radius 3 is 2.36 bits per heavy atom. The van der Waals surface area contributed by atoms with Crippen LogP contribution in [0.5, 0.6) is 0 Å². The minimum atomic E-state index is -4.84. The standard InChI is InChI=1S/C24H27F3IN5O5S/c1-6-14(16-9-12(10-38-16)11(2)3)31-22-19(20(21(29)34)39(36,37)32-22)30-15-8-7-13(24(25,26)27)17(18(15)28)23(35)33(4)5/h7-11,14,30H,6H2,1-5H3,(H2,29,34)(H,31,32)/t14-/m1/s1. The molecular weight excluding hydrogens is 654 g/mol. The Balaban J connectivity index is 2.13. The third-order valence-electron chi connectivity index (χ3n) is 5.85. The van der Waals surface area contributed by atoms with Gasteiger partial charge in [0.15, 0.2) is 10.7 Å². The van der Waals surface area contributed by atoms with Crippen LogP contribution in [0.25, 0.3) is 0 Å². The van der Waals surface area contributed by atoms with Crippen molar-refractivity contribution in [3.05, 3.63) is 61.1 Å². The molecule has 2 amide bonds. The summed E-state index contributed by atoms with van der Waals surface area (Å²) in [6, 6.07) is 2.96. The van der Waals surface area contributed by atoms with Crippen LogP contribution in [0.15, 0.2) is 43.9 Å². The minimum Gasteiger partial charge on any atom is -0.467 e. The van der Waals surface area contributed by atoms with Crippen molar-refractivity contribution in [3.8, 4) is 0 Å². The van der Waals surface area contributed by atoms with Crippen LogP contribution >= 0.6 is 22.6 Å². The predicted octanol–water partition coefficient (Wildman–Crippen LogP) is 4.32. The Morgan fingerprint density at radius 2 is 1.87 bits per heavy atom. The number of benzene rings is 1. The van der Waals surface area contributed by atoms with Gasteiger partial charge in [0.25, 0.3) is 21.8 Å². The fraction of sp³-hybridized carbons (Fsp3) is 0.375. The van der Waals surface area contributed by atoms with Gasteiger partial charge in [0.1, 0.15) is 11.5 Å². The van der Waals surface area contributed by atoms with Crippen LogP contribution in [0.3, 0.4) is 0 Å². The molecule has 0 bridgehead atoms. The Morgan fingerprint density at radius 1 is 1.23 bits per heavy atom. The molecule has 15 heteroatoms. The van der Waals surface area contributed by atoms with Crippen molar-refractivity contribution >= 4 is 56.0 Å². The SMILES string of the molecule is CC[C@@H](NC1=NS(=O)(=O)C(C(N)=O)=C1Nc1ccc(C(F)(F)F)c(C(=O)N(C)C)c1I)c1cc(C(C)C)co1. The fourth-order valence-corrected chi connectivity index (χ4v) is 5.75. The number of furan rings is 1. The highest BCUT2D eigenvalue weighted by Gasteiger charge is 2.40. The van der Waals surface area contributed by atoms with E-state index in [2.05, 4.69) is 15.0 Å².